The lowest BCUT2D eigenvalue weighted by Crippen LogP contribution is -2.41. The van der Waals surface area contributed by atoms with E-state index in [4.69, 9.17) is 0 Å². The summed E-state index contributed by atoms with van der Waals surface area (Å²) in [5.74, 6) is -0.794. The average Bonchev–Trinajstić information content (AvgIpc) is 2.22. The van der Waals surface area contributed by atoms with Gasteiger partial charge < -0.3 is 4.90 Å². The van der Waals surface area contributed by atoms with Gasteiger partial charge in [0.05, 0.1) is 0 Å². The van der Waals surface area contributed by atoms with Crippen molar-refractivity contribution < 1.29 is 14.4 Å². The Labute approximate surface area is 110 Å². The van der Waals surface area contributed by atoms with Crippen LogP contribution < -0.4 is 0 Å². The minimum atomic E-state index is -0.665. The molecule has 0 atom stereocenters. The van der Waals surface area contributed by atoms with E-state index < -0.39 is 22.5 Å². The number of hydrogen-bond donors (Lipinski definition) is 0. The average molecular weight is 255 g/mol. The molecule has 18 heavy (non-hydrogen) atoms. The molecular formula is C14H25NO3. The summed E-state index contributed by atoms with van der Waals surface area (Å²) >= 11 is 0. The minimum absolute atomic E-state index is 0.0884. The van der Waals surface area contributed by atoms with E-state index in [1.54, 1.807) is 34.7 Å². The van der Waals surface area contributed by atoms with E-state index in [0.717, 1.165) is 0 Å². The Morgan fingerprint density at radius 3 is 1.78 bits per heavy atom. The predicted octanol–water partition coefficient (Wildman–Crippen LogP) is 2.07. The normalized spacial score (nSPS) is 12.2. The predicted molar refractivity (Wildman–Crippen MR) is 71.2 cm³/mol. The summed E-state index contributed by atoms with van der Waals surface area (Å²) in [7, 11) is 1.60. The smallest absolute Gasteiger partial charge is 0.290 e. The largest absolute Gasteiger partial charge is 0.339 e. The molecule has 0 heterocycles. The first kappa shape index (κ1) is 16.8. The quantitative estimate of drug-likeness (QED) is 0.707. The van der Waals surface area contributed by atoms with Crippen LogP contribution in [0, 0.1) is 10.8 Å². The van der Waals surface area contributed by atoms with E-state index in [1.165, 1.54) is 4.90 Å². The summed E-state index contributed by atoms with van der Waals surface area (Å²) in [5, 5.41) is 0. The number of nitrogens with zero attached hydrogens (tertiary/aromatic N) is 1. The third-order valence-electron chi connectivity index (χ3n) is 3.25. The second kappa shape index (κ2) is 5.63. The van der Waals surface area contributed by atoms with E-state index in [9.17, 15) is 14.4 Å². The molecule has 0 saturated heterocycles. The van der Waals surface area contributed by atoms with Gasteiger partial charge in [0.25, 0.3) is 5.91 Å². The molecule has 0 fully saturated rings. The third kappa shape index (κ3) is 4.59. The van der Waals surface area contributed by atoms with Crippen molar-refractivity contribution >= 4 is 17.5 Å². The van der Waals surface area contributed by atoms with Gasteiger partial charge in [-0.15, -0.1) is 0 Å². The number of carbonyl (C=O) groups is 3. The van der Waals surface area contributed by atoms with Gasteiger partial charge in [-0.1, -0.05) is 34.6 Å². The SMILES string of the molecule is CC(=O)C(C)(C)CCN(C)C(=O)C(=O)C(C)(C)C. The van der Waals surface area contributed by atoms with Gasteiger partial charge >= 0.3 is 0 Å². The lowest BCUT2D eigenvalue weighted by atomic mass is 9.85. The Morgan fingerprint density at radius 2 is 1.44 bits per heavy atom. The molecule has 4 heteroatoms. The second-order valence-corrected chi connectivity index (χ2v) is 6.50. The van der Waals surface area contributed by atoms with Crippen LogP contribution in [0.5, 0.6) is 0 Å². The molecule has 0 aromatic heterocycles. The van der Waals surface area contributed by atoms with E-state index in [0.29, 0.717) is 13.0 Å². The van der Waals surface area contributed by atoms with Crippen molar-refractivity contribution in [3.05, 3.63) is 0 Å². The van der Waals surface area contributed by atoms with Crippen molar-refractivity contribution in [2.45, 2.75) is 48.0 Å². The van der Waals surface area contributed by atoms with Crippen LogP contribution in [-0.2, 0) is 14.4 Å². The molecule has 1 amide bonds. The van der Waals surface area contributed by atoms with Crippen molar-refractivity contribution in [2.24, 2.45) is 10.8 Å². The number of amides is 1. The topological polar surface area (TPSA) is 54.5 Å². The van der Waals surface area contributed by atoms with Gasteiger partial charge in [-0.25, -0.2) is 0 Å². The van der Waals surface area contributed by atoms with Crippen LogP contribution in [0.3, 0.4) is 0 Å². The van der Waals surface area contributed by atoms with Gasteiger partial charge in [0.15, 0.2) is 0 Å². The molecular weight excluding hydrogens is 230 g/mol. The summed E-state index contributed by atoms with van der Waals surface area (Å²) in [4.78, 5) is 36.4. The Bertz CT molecular complexity index is 351. The third-order valence-corrected chi connectivity index (χ3v) is 3.25. The molecule has 0 aromatic carbocycles. The van der Waals surface area contributed by atoms with Gasteiger partial charge in [-0.05, 0) is 13.3 Å². The number of hydrogen-bond acceptors (Lipinski definition) is 3. The van der Waals surface area contributed by atoms with Crippen molar-refractivity contribution in [3.63, 3.8) is 0 Å². The van der Waals surface area contributed by atoms with Crippen LogP contribution in [0.15, 0.2) is 0 Å². The van der Waals surface area contributed by atoms with Crippen molar-refractivity contribution in [2.75, 3.05) is 13.6 Å². The summed E-state index contributed by atoms with van der Waals surface area (Å²) in [5.41, 5.74) is -1.12. The fourth-order valence-corrected chi connectivity index (χ4v) is 1.22. The van der Waals surface area contributed by atoms with Crippen molar-refractivity contribution in [1.29, 1.82) is 0 Å². The van der Waals surface area contributed by atoms with E-state index in [-0.39, 0.29) is 5.78 Å². The molecule has 0 aliphatic carbocycles. The van der Waals surface area contributed by atoms with E-state index in [1.807, 2.05) is 13.8 Å². The highest BCUT2D eigenvalue weighted by Crippen LogP contribution is 2.22. The van der Waals surface area contributed by atoms with Crippen LogP contribution in [-0.4, -0.2) is 36.0 Å². The first-order valence-corrected chi connectivity index (χ1v) is 6.20. The van der Waals surface area contributed by atoms with Gasteiger partial charge in [0, 0.05) is 24.4 Å². The number of ketones is 2. The molecule has 0 N–H and O–H groups in total. The zero-order valence-electron chi connectivity index (χ0n) is 12.6. The summed E-state index contributed by atoms with van der Waals surface area (Å²) in [6, 6.07) is 0. The molecule has 0 unspecified atom stereocenters. The Kier molecular flexibility index (Phi) is 5.26. The van der Waals surface area contributed by atoms with Gasteiger partial charge in [0.2, 0.25) is 5.78 Å². The summed E-state index contributed by atoms with van der Waals surface area (Å²) in [6.07, 6.45) is 0.558. The van der Waals surface area contributed by atoms with E-state index >= 15 is 0 Å². The Hall–Kier alpha value is -1.19. The van der Waals surface area contributed by atoms with Crippen LogP contribution in [0.4, 0.5) is 0 Å². The number of rotatable bonds is 5. The Morgan fingerprint density at radius 1 is 1.00 bits per heavy atom. The molecule has 0 aromatic rings. The Balaban J connectivity index is 4.53. The molecule has 0 radical (unpaired) electrons. The monoisotopic (exact) mass is 255 g/mol. The van der Waals surface area contributed by atoms with Crippen LogP contribution >= 0.6 is 0 Å². The first-order chi connectivity index (χ1) is 7.89. The lowest BCUT2D eigenvalue weighted by molar-refractivity contribution is -0.148. The summed E-state index contributed by atoms with van der Waals surface area (Å²) in [6.45, 7) is 10.8. The maximum atomic E-state index is 11.9. The summed E-state index contributed by atoms with van der Waals surface area (Å²) < 4.78 is 0. The number of Topliss-reactive ketones (excluding diaryl/α,β-unsaturated/α-hetero) is 2. The highest BCUT2D eigenvalue weighted by atomic mass is 16.2. The molecule has 0 spiro atoms. The molecule has 104 valence electrons. The van der Waals surface area contributed by atoms with Gasteiger partial charge in [-0.3, -0.25) is 14.4 Å². The van der Waals surface area contributed by atoms with Gasteiger partial charge in [0.1, 0.15) is 5.78 Å². The zero-order chi connectivity index (χ0) is 14.7. The maximum Gasteiger partial charge on any atom is 0.290 e. The lowest BCUT2D eigenvalue weighted by Gasteiger charge is -2.26. The maximum absolute atomic E-state index is 11.9. The number of likely N-dealkylation sites (N-methyl/N-ethyl adjacent to an activating group) is 1. The molecule has 0 aliphatic heterocycles. The second-order valence-electron chi connectivity index (χ2n) is 6.50. The highest BCUT2D eigenvalue weighted by molar-refractivity contribution is 6.37. The molecule has 0 saturated carbocycles. The van der Waals surface area contributed by atoms with Crippen LogP contribution in [0.25, 0.3) is 0 Å². The molecule has 0 rings (SSSR count). The van der Waals surface area contributed by atoms with Gasteiger partial charge in [-0.2, -0.15) is 0 Å². The highest BCUT2D eigenvalue weighted by Gasteiger charge is 2.31. The minimum Gasteiger partial charge on any atom is -0.339 e. The van der Waals surface area contributed by atoms with E-state index in [2.05, 4.69) is 0 Å². The fourth-order valence-electron chi connectivity index (χ4n) is 1.22. The van der Waals surface area contributed by atoms with Crippen LogP contribution in [0.2, 0.25) is 0 Å². The fraction of sp³-hybridized carbons (Fsp3) is 0.786. The molecule has 4 nitrogen and oxygen atoms in total. The molecule has 0 bridgehead atoms. The van der Waals surface area contributed by atoms with Crippen molar-refractivity contribution in [1.82, 2.24) is 4.90 Å². The zero-order valence-corrected chi connectivity index (χ0v) is 12.6. The van der Waals surface area contributed by atoms with Crippen molar-refractivity contribution in [3.8, 4) is 0 Å². The van der Waals surface area contributed by atoms with Crippen LogP contribution in [0.1, 0.15) is 48.0 Å². The standard InChI is InChI=1S/C14H25NO3/c1-10(16)14(5,6)8-9-15(7)12(18)11(17)13(2,3)4/h8-9H2,1-7H3. The first-order valence-electron chi connectivity index (χ1n) is 6.20. The number of carbonyl (C=O) groups excluding carboxylic acids is 3. The molecule has 0 aliphatic rings.